The van der Waals surface area contributed by atoms with Crippen molar-refractivity contribution in [2.24, 2.45) is 0 Å². The Bertz CT molecular complexity index is 1940. The van der Waals surface area contributed by atoms with E-state index in [1.807, 2.05) is 0 Å². The highest BCUT2D eigenvalue weighted by Crippen LogP contribution is 2.29. The summed E-state index contributed by atoms with van der Waals surface area (Å²) in [5.74, 6) is -1.42. The fraction of sp³-hybridized carbons (Fsp3) is 0.333. The lowest BCUT2D eigenvalue weighted by Gasteiger charge is -2.31. The minimum atomic E-state index is -1.57. The zero-order valence-corrected chi connectivity index (χ0v) is 26.7. The van der Waals surface area contributed by atoms with E-state index < -0.39 is 48.3 Å². The third-order valence-corrected chi connectivity index (χ3v) is 8.90. The number of rotatable bonds is 12. The molecular weight excluding hydrogens is 662 g/mol. The van der Waals surface area contributed by atoms with Crippen molar-refractivity contribution < 1.29 is 32.2 Å². The van der Waals surface area contributed by atoms with E-state index in [1.54, 1.807) is 29.2 Å². The third-order valence-electron chi connectivity index (χ3n) is 8.16. The summed E-state index contributed by atoms with van der Waals surface area (Å²) < 4.78 is 54.6. The van der Waals surface area contributed by atoms with Crippen molar-refractivity contribution in [3.8, 4) is 11.5 Å². The van der Waals surface area contributed by atoms with Crippen LogP contribution in [0.3, 0.4) is 0 Å². The number of benzene rings is 3. The van der Waals surface area contributed by atoms with Crippen LogP contribution >= 0.6 is 23.2 Å². The Kier molecular flexibility index (Phi) is 10.6. The highest BCUT2D eigenvalue weighted by atomic mass is 35.5. The van der Waals surface area contributed by atoms with Gasteiger partial charge in [0, 0.05) is 42.7 Å². The molecule has 1 amide bonds. The number of amides is 1. The van der Waals surface area contributed by atoms with Gasteiger partial charge in [-0.2, -0.15) is 0 Å². The highest BCUT2D eigenvalue weighted by molar-refractivity contribution is 6.42. The molecule has 0 bridgehead atoms. The van der Waals surface area contributed by atoms with Crippen LogP contribution in [0.25, 0.3) is 10.9 Å². The second-order valence-corrected chi connectivity index (χ2v) is 12.0. The molecule has 0 saturated carbocycles. The van der Waals surface area contributed by atoms with Crippen LogP contribution in [-0.2, 0) is 17.8 Å². The lowest BCUT2D eigenvalue weighted by Crippen LogP contribution is -2.44. The summed E-state index contributed by atoms with van der Waals surface area (Å²) in [6.45, 7) is -1.96. The number of halogens is 5. The van der Waals surface area contributed by atoms with Gasteiger partial charge in [0.05, 0.1) is 34.6 Å². The van der Waals surface area contributed by atoms with Gasteiger partial charge in [0.2, 0.25) is 6.41 Å². The van der Waals surface area contributed by atoms with E-state index in [9.17, 15) is 28.0 Å². The molecule has 14 heteroatoms. The van der Waals surface area contributed by atoms with Crippen LogP contribution in [0.4, 0.5) is 13.2 Å². The number of likely N-dealkylation sites (tertiary alicyclic amines) is 1. The minimum Gasteiger partial charge on any atom is -0.496 e. The molecular formula is C33H30Cl2F3N3O6. The Morgan fingerprint density at radius 2 is 1.72 bits per heavy atom. The van der Waals surface area contributed by atoms with E-state index in [0.29, 0.717) is 59.8 Å². The number of nitrogens with zero attached hydrogens (tertiary/aromatic N) is 3. The summed E-state index contributed by atoms with van der Waals surface area (Å²) >= 11 is 12.0. The van der Waals surface area contributed by atoms with Crippen LogP contribution in [0.15, 0.2) is 58.1 Å². The number of methoxy groups -OCH3 is 1. The van der Waals surface area contributed by atoms with Gasteiger partial charge in [-0.3, -0.25) is 23.5 Å². The molecule has 5 rings (SSSR count). The van der Waals surface area contributed by atoms with E-state index in [0.717, 1.165) is 16.7 Å². The number of ketones is 1. The molecule has 1 aromatic heterocycles. The molecule has 9 nitrogen and oxygen atoms in total. The number of carbonyl (C=O) groups is 2. The first kappa shape index (κ1) is 34.1. The van der Waals surface area contributed by atoms with Crippen molar-refractivity contribution in [2.45, 2.75) is 38.0 Å². The second kappa shape index (κ2) is 14.6. The number of carbonyl (C=O) groups excluding carboxylic acids is 2. The summed E-state index contributed by atoms with van der Waals surface area (Å²) in [5.41, 5.74) is -0.0879. The van der Waals surface area contributed by atoms with Gasteiger partial charge in [0.15, 0.2) is 23.5 Å². The highest BCUT2D eigenvalue weighted by Gasteiger charge is 2.26. The van der Waals surface area contributed by atoms with Gasteiger partial charge in [0.1, 0.15) is 19.1 Å². The van der Waals surface area contributed by atoms with Crippen LogP contribution in [-0.4, -0.2) is 65.9 Å². The zero-order valence-electron chi connectivity index (χ0n) is 25.2. The van der Waals surface area contributed by atoms with Crippen LogP contribution in [0, 0.1) is 5.82 Å². The summed E-state index contributed by atoms with van der Waals surface area (Å²) in [5, 5.41) is 0.468. The van der Waals surface area contributed by atoms with Gasteiger partial charge in [-0.15, -0.1) is 0 Å². The predicted molar refractivity (Wildman–Crippen MR) is 171 cm³/mol. The van der Waals surface area contributed by atoms with Gasteiger partial charge >= 0.3 is 5.69 Å². The maximum atomic E-state index is 15.2. The zero-order chi connectivity index (χ0) is 33.8. The Morgan fingerprint density at radius 1 is 1.00 bits per heavy atom. The lowest BCUT2D eigenvalue weighted by atomic mass is 10.0. The number of ether oxygens (including phenoxy) is 2. The minimum absolute atomic E-state index is 0.00329. The fourth-order valence-corrected chi connectivity index (χ4v) is 5.95. The number of hydrogen-bond acceptors (Lipinski definition) is 6. The van der Waals surface area contributed by atoms with Crippen LogP contribution in [0.2, 0.25) is 10.0 Å². The molecule has 0 aliphatic carbocycles. The molecule has 0 radical (unpaired) electrons. The first-order valence-electron chi connectivity index (χ1n) is 14.7. The average molecular weight is 693 g/mol. The molecule has 1 saturated heterocycles. The average Bonchev–Trinajstić information content (AvgIpc) is 3.08. The number of fused-ring (bicyclic) bond motifs is 1. The normalized spacial score (nSPS) is 13.7. The van der Waals surface area contributed by atoms with E-state index in [-0.39, 0.29) is 34.7 Å². The van der Waals surface area contributed by atoms with E-state index >= 15 is 4.39 Å². The van der Waals surface area contributed by atoms with Gasteiger partial charge in [0.25, 0.3) is 5.56 Å². The molecule has 0 spiro atoms. The molecule has 0 atom stereocenters. The number of Topliss-reactive ketones (excluding diaryl/α,β-unsaturated/α-hetero) is 1. The maximum Gasteiger partial charge on any atom is 0.332 e. The van der Waals surface area contributed by atoms with Crippen LogP contribution in [0.5, 0.6) is 11.5 Å². The largest absolute Gasteiger partial charge is 0.496 e. The number of alkyl halides is 2. The number of piperidine rings is 1. The molecule has 1 fully saturated rings. The molecule has 1 aliphatic rings. The third kappa shape index (κ3) is 7.18. The van der Waals surface area contributed by atoms with Gasteiger partial charge < -0.3 is 14.4 Å². The summed E-state index contributed by atoms with van der Waals surface area (Å²) in [4.78, 5) is 53.6. The quantitative estimate of drug-likeness (QED) is 0.142. The monoisotopic (exact) mass is 691 g/mol. The van der Waals surface area contributed by atoms with Gasteiger partial charge in [-0.1, -0.05) is 35.3 Å². The second-order valence-electron chi connectivity index (χ2n) is 11.1. The Labute approximate surface area is 277 Å². The maximum absolute atomic E-state index is 15.2. The Hall–Kier alpha value is -4.29. The molecule has 3 aromatic carbocycles. The van der Waals surface area contributed by atoms with Gasteiger partial charge in [-0.05, 0) is 48.7 Å². The molecule has 248 valence electrons. The molecule has 4 aromatic rings. The smallest absolute Gasteiger partial charge is 0.332 e. The molecule has 0 unspecified atom stereocenters. The Morgan fingerprint density at radius 3 is 2.36 bits per heavy atom. The standard InChI is InChI=1S/C33H30Cl2F3N3O6/c1-46-30-10-19(2-3-21(30)12-29(43)20-4-5-25(34)26(35)11-20)17-40-32(44)24-13-31(47-23(15-36)16-37)27(38)14-28(24)41(33(40)45)22-6-8-39(18-42)9-7-22/h2-5,10-11,13-14,18,22-23H,6-9,12,15-17H2,1H3. The Balaban J connectivity index is 1.55. The number of hydrogen-bond donors (Lipinski definition) is 0. The van der Waals surface area contributed by atoms with E-state index in [2.05, 4.69) is 0 Å². The van der Waals surface area contributed by atoms with Crippen molar-refractivity contribution in [2.75, 3.05) is 33.5 Å². The van der Waals surface area contributed by atoms with Crippen molar-refractivity contribution in [3.05, 3.63) is 102 Å². The van der Waals surface area contributed by atoms with Crippen molar-refractivity contribution in [1.29, 1.82) is 0 Å². The van der Waals surface area contributed by atoms with Crippen molar-refractivity contribution in [3.63, 3.8) is 0 Å². The fourth-order valence-electron chi connectivity index (χ4n) is 5.66. The number of aromatic nitrogens is 2. The molecule has 2 heterocycles. The van der Waals surface area contributed by atoms with Crippen molar-refractivity contribution >= 4 is 46.3 Å². The predicted octanol–water partition coefficient (Wildman–Crippen LogP) is 5.57. The SMILES string of the molecule is COc1cc(Cn2c(=O)c3cc(OC(CF)CF)c(F)cc3n(C3CCN(C=O)CC3)c2=O)ccc1CC(=O)c1ccc(Cl)c(Cl)c1. The van der Waals surface area contributed by atoms with Crippen LogP contribution in [0.1, 0.15) is 40.4 Å². The first-order valence-corrected chi connectivity index (χ1v) is 15.4. The molecule has 1 aliphatic heterocycles. The first-order chi connectivity index (χ1) is 22.6. The van der Waals surface area contributed by atoms with E-state index in [4.69, 9.17) is 32.7 Å². The topological polar surface area (TPSA) is 99.8 Å². The summed E-state index contributed by atoms with van der Waals surface area (Å²) in [6.07, 6.45) is -0.156. The molecule has 47 heavy (non-hydrogen) atoms. The van der Waals surface area contributed by atoms with Crippen molar-refractivity contribution in [1.82, 2.24) is 14.0 Å². The van der Waals surface area contributed by atoms with E-state index in [1.165, 1.54) is 23.8 Å². The summed E-state index contributed by atoms with van der Waals surface area (Å²) in [7, 11) is 1.42. The lowest BCUT2D eigenvalue weighted by molar-refractivity contribution is -0.119. The van der Waals surface area contributed by atoms with Gasteiger partial charge in [-0.25, -0.2) is 18.0 Å². The van der Waals surface area contributed by atoms with Crippen LogP contribution < -0.4 is 20.7 Å². The molecule has 0 N–H and O–H groups in total. The summed E-state index contributed by atoms with van der Waals surface area (Å²) in [6, 6.07) is 11.0.